The van der Waals surface area contributed by atoms with Crippen LogP contribution in [0.3, 0.4) is 0 Å². The summed E-state index contributed by atoms with van der Waals surface area (Å²) in [6, 6.07) is 12.1. The number of aliphatic imine (C=N–C) groups is 1. The highest BCUT2D eigenvalue weighted by atomic mass is 127. The number of rotatable bonds is 6. The number of halogens is 2. The smallest absolute Gasteiger partial charge is 0.191 e. The van der Waals surface area contributed by atoms with Crippen molar-refractivity contribution in [2.24, 2.45) is 4.99 Å². The minimum absolute atomic E-state index is 0. The molecule has 25 heavy (non-hydrogen) atoms. The summed E-state index contributed by atoms with van der Waals surface area (Å²) in [4.78, 5) is 4.09. The van der Waals surface area contributed by atoms with Crippen molar-refractivity contribution in [1.82, 2.24) is 10.6 Å². The lowest BCUT2D eigenvalue weighted by atomic mass is 10.2. The number of ether oxygens (including phenoxy) is 1. The van der Waals surface area contributed by atoms with Gasteiger partial charge in [0, 0.05) is 13.6 Å². The van der Waals surface area contributed by atoms with E-state index in [2.05, 4.69) is 15.6 Å². The fourth-order valence-electron chi connectivity index (χ4n) is 2.04. The van der Waals surface area contributed by atoms with Gasteiger partial charge in [-0.2, -0.15) is 0 Å². The van der Waals surface area contributed by atoms with Crippen LogP contribution in [0.25, 0.3) is 0 Å². The molecule has 0 aromatic heterocycles. The van der Waals surface area contributed by atoms with Crippen LogP contribution in [0.4, 0.5) is 4.39 Å². The van der Waals surface area contributed by atoms with E-state index in [1.165, 1.54) is 17.7 Å². The lowest BCUT2D eigenvalue weighted by molar-refractivity contribution is 0.322. The fraction of sp³-hybridized carbons (Fsp3) is 0.278. The highest BCUT2D eigenvalue weighted by Gasteiger charge is 2.03. The Labute approximate surface area is 164 Å². The van der Waals surface area contributed by atoms with Crippen LogP contribution in [0.5, 0.6) is 11.5 Å². The summed E-state index contributed by atoms with van der Waals surface area (Å²) in [6.07, 6.45) is 0. The quantitative estimate of drug-likeness (QED) is 0.269. The number of guanidine groups is 1. The Balaban J connectivity index is 0.00000312. The number of nitrogens with one attached hydrogen (secondary N) is 2. The second kappa shape index (κ2) is 10.8. The molecule has 5 nitrogen and oxygen atoms in total. The molecule has 0 spiro atoms. The van der Waals surface area contributed by atoms with Gasteiger partial charge in [0.2, 0.25) is 0 Å². The number of nitrogens with zero attached hydrogens (tertiary/aromatic N) is 1. The van der Waals surface area contributed by atoms with Crippen molar-refractivity contribution in [1.29, 1.82) is 0 Å². The van der Waals surface area contributed by atoms with Crippen molar-refractivity contribution < 1.29 is 14.2 Å². The summed E-state index contributed by atoms with van der Waals surface area (Å²) >= 11 is 0. The van der Waals surface area contributed by atoms with Crippen LogP contribution in [-0.4, -0.2) is 31.3 Å². The number of aryl methyl sites for hydroxylation is 1. The summed E-state index contributed by atoms with van der Waals surface area (Å²) in [5.41, 5.74) is 1.90. The molecule has 0 aliphatic heterocycles. The molecule has 0 fully saturated rings. The molecule has 2 aromatic carbocycles. The monoisotopic (exact) mass is 459 g/mol. The molecule has 0 amide bonds. The molecule has 0 aliphatic carbocycles. The van der Waals surface area contributed by atoms with Crippen LogP contribution in [0.2, 0.25) is 0 Å². The van der Waals surface area contributed by atoms with Crippen molar-refractivity contribution in [3.8, 4) is 11.5 Å². The third kappa shape index (κ3) is 7.16. The molecule has 2 aromatic rings. The molecule has 0 aliphatic rings. The van der Waals surface area contributed by atoms with Gasteiger partial charge in [-0.1, -0.05) is 23.8 Å². The zero-order valence-corrected chi connectivity index (χ0v) is 16.6. The molecule has 0 unspecified atom stereocenters. The van der Waals surface area contributed by atoms with Gasteiger partial charge in [0.1, 0.15) is 12.4 Å². The molecule has 7 heteroatoms. The zero-order chi connectivity index (χ0) is 17.4. The van der Waals surface area contributed by atoms with Crippen molar-refractivity contribution >= 4 is 29.9 Å². The summed E-state index contributed by atoms with van der Waals surface area (Å²) in [5, 5.41) is 15.4. The molecule has 0 atom stereocenters. The van der Waals surface area contributed by atoms with Gasteiger partial charge in [-0.3, -0.25) is 4.99 Å². The first-order valence-corrected chi connectivity index (χ1v) is 7.70. The van der Waals surface area contributed by atoms with Gasteiger partial charge in [-0.05, 0) is 36.8 Å². The Morgan fingerprint density at radius 1 is 1.16 bits per heavy atom. The second-order valence-corrected chi connectivity index (χ2v) is 5.30. The van der Waals surface area contributed by atoms with Crippen LogP contribution in [0, 0.1) is 12.7 Å². The molecule has 0 heterocycles. The minimum atomic E-state index is -0.635. The van der Waals surface area contributed by atoms with Crippen LogP contribution in [0.1, 0.15) is 11.1 Å². The lowest BCUT2D eigenvalue weighted by Gasteiger charge is -2.13. The molecule has 0 saturated heterocycles. The third-order valence-electron chi connectivity index (χ3n) is 3.38. The van der Waals surface area contributed by atoms with E-state index in [4.69, 9.17) is 4.74 Å². The number of phenolic OH excluding ortho intramolecular Hbond substituents is 1. The maximum absolute atomic E-state index is 13.3. The summed E-state index contributed by atoms with van der Waals surface area (Å²) < 4.78 is 18.9. The number of benzene rings is 2. The van der Waals surface area contributed by atoms with E-state index in [9.17, 15) is 9.50 Å². The Bertz CT molecular complexity index is 693. The summed E-state index contributed by atoms with van der Waals surface area (Å²) in [7, 11) is 1.66. The van der Waals surface area contributed by atoms with Crippen LogP contribution < -0.4 is 15.4 Å². The van der Waals surface area contributed by atoms with E-state index in [1.807, 2.05) is 31.2 Å². The average Bonchev–Trinajstić information content (AvgIpc) is 2.59. The molecule has 136 valence electrons. The van der Waals surface area contributed by atoms with Crippen LogP contribution in [0.15, 0.2) is 47.5 Å². The summed E-state index contributed by atoms with van der Waals surface area (Å²) in [5.74, 6) is 0.430. The van der Waals surface area contributed by atoms with Gasteiger partial charge in [0.05, 0.1) is 6.54 Å². The summed E-state index contributed by atoms with van der Waals surface area (Å²) in [6.45, 7) is 3.51. The molecular formula is C18H23FIN3O2. The Kier molecular flexibility index (Phi) is 9.04. The van der Waals surface area contributed by atoms with E-state index < -0.39 is 5.82 Å². The minimum Gasteiger partial charge on any atom is -0.505 e. The standard InChI is InChI=1S/C18H22FN3O2.HI/c1-13-3-6-15(7-4-13)24-10-9-21-18(20-2)22-12-14-5-8-17(23)16(19)11-14;/h3-8,11,23H,9-10,12H2,1-2H3,(H2,20,21,22);1H. The van der Waals surface area contributed by atoms with Gasteiger partial charge in [0.25, 0.3) is 0 Å². The molecular weight excluding hydrogens is 436 g/mol. The molecule has 0 radical (unpaired) electrons. The predicted octanol–water partition coefficient (Wildman–Crippen LogP) is 3.20. The van der Waals surface area contributed by atoms with E-state index >= 15 is 0 Å². The average molecular weight is 459 g/mol. The van der Waals surface area contributed by atoms with Crippen molar-refractivity contribution in [2.45, 2.75) is 13.5 Å². The van der Waals surface area contributed by atoms with Crippen molar-refractivity contribution in [3.63, 3.8) is 0 Å². The topological polar surface area (TPSA) is 65.9 Å². The van der Waals surface area contributed by atoms with Gasteiger partial charge in [-0.25, -0.2) is 4.39 Å². The van der Waals surface area contributed by atoms with Gasteiger partial charge < -0.3 is 20.5 Å². The lowest BCUT2D eigenvalue weighted by Crippen LogP contribution is -2.38. The Morgan fingerprint density at radius 3 is 2.52 bits per heavy atom. The maximum atomic E-state index is 13.3. The largest absolute Gasteiger partial charge is 0.505 e. The fourth-order valence-corrected chi connectivity index (χ4v) is 2.04. The Morgan fingerprint density at radius 2 is 1.88 bits per heavy atom. The van der Waals surface area contributed by atoms with Gasteiger partial charge in [-0.15, -0.1) is 24.0 Å². The van der Waals surface area contributed by atoms with Gasteiger partial charge in [0.15, 0.2) is 17.5 Å². The SMILES string of the molecule is CN=C(NCCOc1ccc(C)cc1)NCc1ccc(O)c(F)c1.I. The van der Waals surface area contributed by atoms with Crippen LogP contribution in [-0.2, 0) is 6.54 Å². The first kappa shape index (κ1) is 21.0. The zero-order valence-electron chi connectivity index (χ0n) is 14.3. The molecule has 0 bridgehead atoms. The highest BCUT2D eigenvalue weighted by molar-refractivity contribution is 14.0. The van der Waals surface area contributed by atoms with E-state index in [1.54, 1.807) is 13.1 Å². The maximum Gasteiger partial charge on any atom is 0.191 e. The Hall–Kier alpha value is -2.03. The van der Waals surface area contributed by atoms with E-state index in [-0.39, 0.29) is 29.7 Å². The van der Waals surface area contributed by atoms with E-state index in [0.717, 1.165) is 5.75 Å². The second-order valence-electron chi connectivity index (χ2n) is 5.30. The first-order valence-electron chi connectivity index (χ1n) is 7.70. The van der Waals surface area contributed by atoms with Crippen molar-refractivity contribution in [2.75, 3.05) is 20.2 Å². The van der Waals surface area contributed by atoms with E-state index in [0.29, 0.717) is 31.2 Å². The first-order chi connectivity index (χ1) is 11.6. The molecule has 2 rings (SSSR count). The van der Waals surface area contributed by atoms with Gasteiger partial charge >= 0.3 is 0 Å². The molecule has 3 N–H and O–H groups in total. The van der Waals surface area contributed by atoms with Crippen LogP contribution >= 0.6 is 24.0 Å². The highest BCUT2D eigenvalue weighted by Crippen LogP contribution is 2.15. The normalized spacial score (nSPS) is 10.8. The predicted molar refractivity (Wildman–Crippen MR) is 108 cm³/mol. The molecule has 0 saturated carbocycles. The number of hydrogen-bond acceptors (Lipinski definition) is 3. The van der Waals surface area contributed by atoms with Crippen molar-refractivity contribution in [3.05, 3.63) is 59.4 Å². The third-order valence-corrected chi connectivity index (χ3v) is 3.38. The number of hydrogen-bond donors (Lipinski definition) is 3. The number of phenols is 1. The number of aromatic hydroxyl groups is 1.